The van der Waals surface area contributed by atoms with Crippen molar-refractivity contribution in [2.75, 3.05) is 13.1 Å². The lowest BCUT2D eigenvalue weighted by atomic mass is 10.3. The van der Waals surface area contributed by atoms with Gasteiger partial charge in [0, 0.05) is 19.3 Å². The van der Waals surface area contributed by atoms with Crippen LogP contribution in [0.5, 0.6) is 0 Å². The summed E-state index contributed by atoms with van der Waals surface area (Å²) >= 11 is 5.74. The molecule has 0 radical (unpaired) electrons. The molecule has 0 saturated carbocycles. The van der Waals surface area contributed by atoms with Gasteiger partial charge in [-0.1, -0.05) is 24.9 Å². The molecule has 0 aliphatic carbocycles. The van der Waals surface area contributed by atoms with Crippen molar-refractivity contribution in [3.63, 3.8) is 0 Å². The molecule has 0 aliphatic heterocycles. The Morgan fingerprint density at radius 1 is 1.53 bits per heavy atom. The Labute approximate surface area is 94.3 Å². The standard InChI is InChI=1S/C10H16ClN3O/c1-2-3-4-12-5-6-14-8-9(11)7-13-10(14)15/h7-8,12H,2-6H2,1H3. The fraction of sp³-hybridized carbons (Fsp3) is 0.600. The van der Waals surface area contributed by atoms with E-state index in [0.717, 1.165) is 19.5 Å². The second-order valence-corrected chi connectivity index (χ2v) is 3.79. The second-order valence-electron chi connectivity index (χ2n) is 3.35. The minimum Gasteiger partial charge on any atom is -0.315 e. The monoisotopic (exact) mass is 229 g/mol. The molecule has 0 bridgehead atoms. The molecule has 0 atom stereocenters. The van der Waals surface area contributed by atoms with Gasteiger partial charge in [0.15, 0.2) is 0 Å². The second kappa shape index (κ2) is 6.58. The van der Waals surface area contributed by atoms with Crippen LogP contribution in [0.25, 0.3) is 0 Å². The molecule has 1 rings (SSSR count). The summed E-state index contributed by atoms with van der Waals surface area (Å²) in [6.07, 6.45) is 5.30. The van der Waals surface area contributed by atoms with Crippen LogP contribution in [0.4, 0.5) is 0 Å². The molecular weight excluding hydrogens is 214 g/mol. The van der Waals surface area contributed by atoms with Crippen molar-refractivity contribution in [3.05, 3.63) is 27.9 Å². The molecular formula is C10H16ClN3O. The van der Waals surface area contributed by atoms with Crippen molar-refractivity contribution in [1.29, 1.82) is 0 Å². The third-order valence-electron chi connectivity index (χ3n) is 2.06. The van der Waals surface area contributed by atoms with E-state index >= 15 is 0 Å². The molecule has 0 spiro atoms. The lowest BCUT2D eigenvalue weighted by Gasteiger charge is -2.06. The first-order valence-electron chi connectivity index (χ1n) is 5.16. The first kappa shape index (κ1) is 12.2. The molecule has 0 aromatic carbocycles. The van der Waals surface area contributed by atoms with Crippen molar-refractivity contribution in [2.45, 2.75) is 26.3 Å². The maximum Gasteiger partial charge on any atom is 0.347 e. The zero-order valence-corrected chi connectivity index (χ0v) is 9.63. The highest BCUT2D eigenvalue weighted by Crippen LogP contribution is 2.00. The Balaban J connectivity index is 2.37. The molecule has 1 heterocycles. The predicted octanol–water partition coefficient (Wildman–Crippen LogP) is 1.29. The van der Waals surface area contributed by atoms with Gasteiger partial charge in [-0.2, -0.15) is 0 Å². The number of nitrogens with one attached hydrogen (secondary N) is 1. The molecule has 0 fully saturated rings. The maximum absolute atomic E-state index is 11.3. The number of hydrogen-bond donors (Lipinski definition) is 1. The topological polar surface area (TPSA) is 46.9 Å². The van der Waals surface area contributed by atoms with Gasteiger partial charge in [-0.25, -0.2) is 9.78 Å². The summed E-state index contributed by atoms with van der Waals surface area (Å²) in [5.41, 5.74) is -0.253. The van der Waals surface area contributed by atoms with Gasteiger partial charge in [0.05, 0.1) is 11.2 Å². The van der Waals surface area contributed by atoms with Crippen LogP contribution in [-0.4, -0.2) is 22.6 Å². The van der Waals surface area contributed by atoms with Crippen molar-refractivity contribution in [1.82, 2.24) is 14.9 Å². The largest absolute Gasteiger partial charge is 0.347 e. The lowest BCUT2D eigenvalue weighted by molar-refractivity contribution is 0.563. The fourth-order valence-corrected chi connectivity index (χ4v) is 1.38. The minimum absolute atomic E-state index is 0.253. The van der Waals surface area contributed by atoms with Crippen LogP contribution in [0.3, 0.4) is 0 Å². The Hall–Kier alpha value is -0.870. The highest BCUT2D eigenvalue weighted by molar-refractivity contribution is 6.30. The number of aromatic nitrogens is 2. The first-order valence-corrected chi connectivity index (χ1v) is 5.54. The van der Waals surface area contributed by atoms with Gasteiger partial charge in [-0.05, 0) is 13.0 Å². The Kier molecular flexibility index (Phi) is 5.36. The summed E-state index contributed by atoms with van der Waals surface area (Å²) in [4.78, 5) is 14.9. The number of nitrogens with zero attached hydrogens (tertiary/aromatic N) is 2. The summed E-state index contributed by atoms with van der Waals surface area (Å²) in [5.74, 6) is 0. The third kappa shape index (κ3) is 4.44. The molecule has 0 aliphatic rings. The van der Waals surface area contributed by atoms with Crippen LogP contribution in [0.2, 0.25) is 5.02 Å². The van der Waals surface area contributed by atoms with E-state index in [1.165, 1.54) is 17.2 Å². The van der Waals surface area contributed by atoms with Crippen LogP contribution >= 0.6 is 11.6 Å². The Morgan fingerprint density at radius 2 is 2.33 bits per heavy atom. The summed E-state index contributed by atoms with van der Waals surface area (Å²) < 4.78 is 1.52. The lowest BCUT2D eigenvalue weighted by Crippen LogP contribution is -2.28. The molecule has 1 N–H and O–H groups in total. The first-order chi connectivity index (χ1) is 7.24. The van der Waals surface area contributed by atoms with Gasteiger partial charge >= 0.3 is 5.69 Å². The van der Waals surface area contributed by atoms with Gasteiger partial charge in [-0.15, -0.1) is 0 Å². The Morgan fingerprint density at radius 3 is 3.07 bits per heavy atom. The van der Waals surface area contributed by atoms with E-state index in [2.05, 4.69) is 17.2 Å². The van der Waals surface area contributed by atoms with E-state index < -0.39 is 0 Å². The molecule has 15 heavy (non-hydrogen) atoms. The summed E-state index contributed by atoms with van der Waals surface area (Å²) in [6.45, 7) is 4.50. The highest BCUT2D eigenvalue weighted by Gasteiger charge is 1.97. The van der Waals surface area contributed by atoms with Crippen LogP contribution in [0.15, 0.2) is 17.2 Å². The molecule has 84 valence electrons. The van der Waals surface area contributed by atoms with Crippen LogP contribution < -0.4 is 11.0 Å². The minimum atomic E-state index is -0.253. The van der Waals surface area contributed by atoms with E-state index in [9.17, 15) is 4.79 Å². The van der Waals surface area contributed by atoms with E-state index in [4.69, 9.17) is 11.6 Å². The third-order valence-corrected chi connectivity index (χ3v) is 2.25. The highest BCUT2D eigenvalue weighted by atomic mass is 35.5. The smallest absolute Gasteiger partial charge is 0.315 e. The number of halogens is 1. The van der Waals surface area contributed by atoms with Gasteiger partial charge in [0.25, 0.3) is 0 Å². The quantitative estimate of drug-likeness (QED) is 0.748. The molecule has 0 saturated heterocycles. The molecule has 1 aromatic heterocycles. The van der Waals surface area contributed by atoms with Crippen molar-refractivity contribution in [3.8, 4) is 0 Å². The van der Waals surface area contributed by atoms with Crippen molar-refractivity contribution in [2.24, 2.45) is 0 Å². The van der Waals surface area contributed by atoms with E-state index in [-0.39, 0.29) is 5.69 Å². The molecule has 0 amide bonds. The van der Waals surface area contributed by atoms with Gasteiger partial charge in [-0.3, -0.25) is 4.57 Å². The summed E-state index contributed by atoms with van der Waals surface area (Å²) in [5, 5.41) is 3.74. The van der Waals surface area contributed by atoms with E-state index in [0.29, 0.717) is 11.6 Å². The maximum atomic E-state index is 11.3. The molecule has 1 aromatic rings. The number of unbranched alkanes of at least 4 members (excludes halogenated alkanes) is 1. The van der Waals surface area contributed by atoms with Crippen molar-refractivity contribution >= 4 is 11.6 Å². The predicted molar refractivity (Wildman–Crippen MR) is 61.3 cm³/mol. The van der Waals surface area contributed by atoms with Crippen LogP contribution in [0.1, 0.15) is 19.8 Å². The average Bonchev–Trinajstić information content (AvgIpc) is 2.23. The van der Waals surface area contributed by atoms with Crippen LogP contribution in [-0.2, 0) is 6.54 Å². The fourth-order valence-electron chi connectivity index (χ4n) is 1.21. The number of hydrogen-bond acceptors (Lipinski definition) is 3. The zero-order valence-electron chi connectivity index (χ0n) is 8.87. The SMILES string of the molecule is CCCCNCCn1cc(Cl)cnc1=O. The molecule has 5 heteroatoms. The molecule has 0 unspecified atom stereocenters. The normalized spacial score (nSPS) is 10.5. The molecule has 4 nitrogen and oxygen atoms in total. The average molecular weight is 230 g/mol. The van der Waals surface area contributed by atoms with E-state index in [1.54, 1.807) is 6.20 Å². The number of rotatable bonds is 6. The Bertz CT molecular complexity index is 351. The van der Waals surface area contributed by atoms with Crippen molar-refractivity contribution < 1.29 is 0 Å². The van der Waals surface area contributed by atoms with Gasteiger partial charge in [0.2, 0.25) is 0 Å². The van der Waals surface area contributed by atoms with Gasteiger partial charge in [0.1, 0.15) is 0 Å². The summed E-state index contributed by atoms with van der Waals surface area (Å²) in [6, 6.07) is 0. The van der Waals surface area contributed by atoms with Crippen LogP contribution in [0, 0.1) is 0 Å². The van der Waals surface area contributed by atoms with E-state index in [1.807, 2.05) is 0 Å². The zero-order chi connectivity index (χ0) is 11.1. The van der Waals surface area contributed by atoms with Gasteiger partial charge < -0.3 is 5.32 Å². The summed E-state index contributed by atoms with van der Waals surface area (Å²) in [7, 11) is 0.